The van der Waals surface area contributed by atoms with Gasteiger partial charge in [-0.3, -0.25) is 0 Å². The van der Waals surface area contributed by atoms with Gasteiger partial charge in [-0.25, -0.2) is 0 Å². The summed E-state index contributed by atoms with van der Waals surface area (Å²) in [5, 5.41) is 0. The molecule has 4 heteroatoms. The summed E-state index contributed by atoms with van der Waals surface area (Å²) in [5.74, 6) is 0. The molecule has 0 spiro atoms. The molecule has 0 fully saturated rings. The van der Waals surface area contributed by atoms with Crippen molar-refractivity contribution in [1.82, 2.24) is 0 Å². The smallest absolute Gasteiger partial charge is 0 e. The normalized spacial score (nSPS) is 0. The van der Waals surface area contributed by atoms with Crippen LogP contribution in [0.3, 0.4) is 0 Å². The van der Waals surface area contributed by atoms with Crippen molar-refractivity contribution in [2.75, 3.05) is 0 Å². The molecule has 0 bridgehead atoms. The van der Waals surface area contributed by atoms with Crippen molar-refractivity contribution in [3.05, 3.63) is 0 Å². The van der Waals surface area contributed by atoms with Crippen molar-refractivity contribution in [3.63, 3.8) is 0 Å². The first-order chi connectivity index (χ1) is 0. The molecule has 0 amide bonds. The van der Waals surface area contributed by atoms with Crippen LogP contribution in [0.25, 0.3) is 0 Å². The van der Waals surface area contributed by atoms with Crippen molar-refractivity contribution < 1.29 is 51.2 Å². The molecule has 0 aromatic heterocycles. The van der Waals surface area contributed by atoms with Gasteiger partial charge in [0.1, 0.15) is 0 Å². The molecule has 0 saturated carbocycles. The molecule has 4 heavy (non-hydrogen) atoms. The maximum Gasteiger partial charge on any atom is 0 e. The van der Waals surface area contributed by atoms with Gasteiger partial charge in [0.2, 0.25) is 0 Å². The first-order valence-corrected chi connectivity index (χ1v) is 0. The second-order valence-electron chi connectivity index (χ2n) is 0. The fourth-order valence-corrected chi connectivity index (χ4v) is 0. The number of rotatable bonds is 0. The van der Waals surface area contributed by atoms with Crippen molar-refractivity contribution in [3.8, 4) is 0 Å². The monoisotopic (exact) mass is 199 g/mol. The molecule has 1 radical (unpaired) electrons. The Hall–Kier alpha value is 1.78. The second kappa shape index (κ2) is 21.6. The molecule has 31 valence electrons. The van der Waals surface area contributed by atoms with Crippen LogP contribution < -0.4 is 0 Å². The molecule has 0 nitrogen and oxygen atoms in total. The first-order valence-electron chi connectivity index (χ1n) is 0. The van der Waals surface area contributed by atoms with Gasteiger partial charge in [0.25, 0.3) is 0 Å². The van der Waals surface area contributed by atoms with Crippen molar-refractivity contribution in [1.29, 1.82) is 0 Å². The molecule has 0 aromatic carbocycles. The van der Waals surface area contributed by atoms with Crippen LogP contribution in [-0.2, 0) is 51.2 Å². The standard InChI is InChI=1S/Co.Cr.Fe.H4Si/h;;;1H4. The zero-order chi connectivity index (χ0) is 0. The fraction of sp³-hybridized carbons (Fsp3) is 0. The Labute approximate surface area is 61.9 Å². The van der Waals surface area contributed by atoms with Crippen LogP contribution in [0, 0.1) is 0 Å². The Morgan fingerprint density at radius 2 is 1.00 bits per heavy atom. The van der Waals surface area contributed by atoms with E-state index in [2.05, 4.69) is 0 Å². The average molecular weight is 199 g/mol. The van der Waals surface area contributed by atoms with Crippen LogP contribution in [-0.4, -0.2) is 11.0 Å². The Morgan fingerprint density at radius 3 is 1.00 bits per heavy atom. The van der Waals surface area contributed by atoms with E-state index in [0.717, 1.165) is 0 Å². The fourth-order valence-electron chi connectivity index (χ4n) is 0. The van der Waals surface area contributed by atoms with Gasteiger partial charge in [-0.2, -0.15) is 0 Å². The van der Waals surface area contributed by atoms with Crippen LogP contribution in [0.4, 0.5) is 0 Å². The van der Waals surface area contributed by atoms with E-state index in [4.69, 9.17) is 0 Å². The summed E-state index contributed by atoms with van der Waals surface area (Å²) < 4.78 is 0. The summed E-state index contributed by atoms with van der Waals surface area (Å²) in [5.41, 5.74) is 0. The summed E-state index contributed by atoms with van der Waals surface area (Å²) in [6, 6.07) is 0. The Kier molecular flexibility index (Phi) is 226. The van der Waals surface area contributed by atoms with E-state index < -0.39 is 0 Å². The molecule has 0 aromatic rings. The number of hydrogen-bond donors (Lipinski definition) is 0. The van der Waals surface area contributed by atoms with Gasteiger partial charge in [0.05, 0.1) is 0 Å². The molecule has 0 rings (SSSR count). The Balaban J connectivity index is 0. The average Bonchev–Trinajstić information content (AvgIpc) is 0. The van der Waals surface area contributed by atoms with E-state index in [1.165, 1.54) is 0 Å². The van der Waals surface area contributed by atoms with Gasteiger partial charge in [-0.15, -0.1) is 0 Å². The van der Waals surface area contributed by atoms with Crippen LogP contribution in [0.1, 0.15) is 0 Å². The third kappa shape index (κ3) is 9.23. The van der Waals surface area contributed by atoms with Crippen molar-refractivity contribution in [2.45, 2.75) is 0 Å². The minimum absolute atomic E-state index is 0. The van der Waals surface area contributed by atoms with Crippen LogP contribution in [0.15, 0.2) is 0 Å². The SMILES string of the molecule is [Co].[Cr].[Fe].[SiH4]. The minimum Gasteiger partial charge on any atom is -0.0149 e. The quantitative estimate of drug-likeness (QED) is 0.418. The molecule has 0 aliphatic rings. The summed E-state index contributed by atoms with van der Waals surface area (Å²) in [7, 11) is 0. The first kappa shape index (κ1) is 41.8. The summed E-state index contributed by atoms with van der Waals surface area (Å²) in [4.78, 5) is 0. The minimum atomic E-state index is 0. The van der Waals surface area contributed by atoms with E-state index in [1.54, 1.807) is 0 Å². The number of hydrogen-bond acceptors (Lipinski definition) is 0. The molecule has 0 saturated heterocycles. The zero-order valence-corrected chi connectivity index (χ0v) is 4.52. The molecule has 0 aliphatic heterocycles. The maximum absolute atomic E-state index is 0. The van der Waals surface area contributed by atoms with E-state index in [1.807, 2.05) is 0 Å². The van der Waals surface area contributed by atoms with E-state index in [0.29, 0.717) is 0 Å². The van der Waals surface area contributed by atoms with Gasteiger partial charge in [0, 0.05) is 51.2 Å². The van der Waals surface area contributed by atoms with Gasteiger partial charge < -0.3 is 0 Å². The predicted molar refractivity (Wildman–Crippen MR) is 11.3 cm³/mol. The van der Waals surface area contributed by atoms with Gasteiger partial charge in [-0.05, 0) is 11.0 Å². The molecule has 0 atom stereocenters. The molecular weight excluding hydrogens is 195 g/mol. The summed E-state index contributed by atoms with van der Waals surface area (Å²) in [6.07, 6.45) is 0. The zero-order valence-electron chi connectivity index (χ0n) is 1.10. The van der Waals surface area contributed by atoms with E-state index >= 15 is 0 Å². The van der Waals surface area contributed by atoms with Crippen LogP contribution >= 0.6 is 0 Å². The predicted octanol–water partition coefficient (Wildman–Crippen LogP) is -1.46. The molecule has 0 heterocycles. The summed E-state index contributed by atoms with van der Waals surface area (Å²) >= 11 is 0. The van der Waals surface area contributed by atoms with Gasteiger partial charge in [-0.1, -0.05) is 0 Å². The third-order valence-corrected chi connectivity index (χ3v) is 0. The molecular formula is H4CoCrFeSi. The largest absolute Gasteiger partial charge is 0.0149 e. The molecule has 0 unspecified atom stereocenters. The second-order valence-corrected chi connectivity index (χ2v) is 0. The van der Waals surface area contributed by atoms with Crippen molar-refractivity contribution >= 4 is 11.0 Å². The van der Waals surface area contributed by atoms with Crippen LogP contribution in [0.2, 0.25) is 0 Å². The van der Waals surface area contributed by atoms with Crippen molar-refractivity contribution in [2.24, 2.45) is 0 Å². The third-order valence-electron chi connectivity index (χ3n) is 0. The van der Waals surface area contributed by atoms with E-state index in [-0.39, 0.29) is 62.2 Å². The molecule has 0 aliphatic carbocycles. The van der Waals surface area contributed by atoms with Crippen LogP contribution in [0.5, 0.6) is 0 Å². The van der Waals surface area contributed by atoms with Gasteiger partial charge >= 0.3 is 0 Å². The maximum atomic E-state index is 0. The van der Waals surface area contributed by atoms with E-state index in [9.17, 15) is 0 Å². The summed E-state index contributed by atoms with van der Waals surface area (Å²) in [6.45, 7) is 0. The van der Waals surface area contributed by atoms with Gasteiger partial charge in [0.15, 0.2) is 0 Å². The Morgan fingerprint density at radius 1 is 1.00 bits per heavy atom. The topological polar surface area (TPSA) is 0 Å². The molecule has 0 N–H and O–H groups in total. The Bertz CT molecular complexity index is 8.00.